The Balaban J connectivity index is 0.000000396. The van der Waals surface area contributed by atoms with Crippen molar-refractivity contribution in [3.8, 4) is 0 Å². The van der Waals surface area contributed by atoms with Gasteiger partial charge in [-0.2, -0.15) is 13.2 Å². The SMILES string of the molecule is CNC(=O)[C@H]1CC[C@@H]2[C@@H](CCN2CCOCc2ccccc2)O1.O=C(O)C(F)(F)F. The lowest BCUT2D eigenvalue weighted by atomic mass is 9.98. The number of benzene rings is 1. The molecule has 3 atom stereocenters. The third-order valence-corrected chi connectivity index (χ3v) is 5.08. The van der Waals surface area contributed by atoms with Gasteiger partial charge in [0.1, 0.15) is 6.10 Å². The quantitative estimate of drug-likeness (QED) is 0.671. The molecule has 1 amide bonds. The third-order valence-electron chi connectivity index (χ3n) is 5.08. The number of halogens is 3. The molecule has 168 valence electrons. The molecule has 2 fully saturated rings. The lowest BCUT2D eigenvalue weighted by Crippen LogP contribution is -2.47. The number of nitrogens with zero attached hydrogens (tertiary/aromatic N) is 1. The van der Waals surface area contributed by atoms with Crippen molar-refractivity contribution < 1.29 is 37.3 Å². The van der Waals surface area contributed by atoms with Crippen LogP contribution >= 0.6 is 0 Å². The van der Waals surface area contributed by atoms with E-state index < -0.39 is 12.1 Å². The Hall–Kier alpha value is -2.17. The molecule has 1 aromatic rings. The van der Waals surface area contributed by atoms with Gasteiger partial charge < -0.3 is 19.9 Å². The molecule has 2 aliphatic heterocycles. The van der Waals surface area contributed by atoms with Gasteiger partial charge in [0.25, 0.3) is 0 Å². The van der Waals surface area contributed by atoms with Crippen molar-refractivity contribution in [1.82, 2.24) is 10.2 Å². The van der Waals surface area contributed by atoms with Crippen molar-refractivity contribution >= 4 is 11.9 Å². The number of hydrogen-bond donors (Lipinski definition) is 2. The normalized spacial score (nSPS) is 23.8. The number of carboxylic acid groups (broad SMARTS) is 1. The highest BCUT2D eigenvalue weighted by molar-refractivity contribution is 5.80. The Morgan fingerprint density at radius 1 is 1.23 bits per heavy atom. The monoisotopic (exact) mass is 432 g/mol. The van der Waals surface area contributed by atoms with E-state index in [1.165, 1.54) is 5.56 Å². The number of rotatable bonds is 6. The first-order valence-corrected chi connectivity index (χ1v) is 9.75. The molecule has 2 N–H and O–H groups in total. The predicted molar refractivity (Wildman–Crippen MR) is 102 cm³/mol. The number of alkyl halides is 3. The summed E-state index contributed by atoms with van der Waals surface area (Å²) < 4.78 is 43.5. The second kappa shape index (κ2) is 11.3. The Morgan fingerprint density at radius 2 is 1.90 bits per heavy atom. The molecule has 0 saturated carbocycles. The lowest BCUT2D eigenvalue weighted by molar-refractivity contribution is -0.192. The summed E-state index contributed by atoms with van der Waals surface area (Å²) in [6.07, 6.45) is -2.31. The van der Waals surface area contributed by atoms with Gasteiger partial charge in [0, 0.05) is 26.2 Å². The van der Waals surface area contributed by atoms with Crippen LogP contribution in [0.4, 0.5) is 13.2 Å². The minimum atomic E-state index is -5.08. The zero-order valence-corrected chi connectivity index (χ0v) is 16.7. The summed E-state index contributed by atoms with van der Waals surface area (Å²) in [6.45, 7) is 3.36. The van der Waals surface area contributed by atoms with E-state index in [1.807, 2.05) is 18.2 Å². The number of amides is 1. The van der Waals surface area contributed by atoms with Gasteiger partial charge >= 0.3 is 12.1 Å². The summed E-state index contributed by atoms with van der Waals surface area (Å²) in [5.74, 6) is -2.75. The van der Waals surface area contributed by atoms with Crippen LogP contribution in [0.2, 0.25) is 0 Å². The van der Waals surface area contributed by atoms with Crippen LogP contribution in [0.3, 0.4) is 0 Å². The van der Waals surface area contributed by atoms with E-state index in [1.54, 1.807) is 7.05 Å². The summed E-state index contributed by atoms with van der Waals surface area (Å²) in [7, 11) is 1.67. The molecule has 0 bridgehead atoms. The number of likely N-dealkylation sites (N-methyl/N-ethyl adjacent to an activating group) is 1. The smallest absolute Gasteiger partial charge is 0.475 e. The minimum Gasteiger partial charge on any atom is -0.475 e. The van der Waals surface area contributed by atoms with Gasteiger partial charge in [0.05, 0.1) is 19.3 Å². The molecule has 10 heteroatoms. The van der Waals surface area contributed by atoms with Crippen LogP contribution in [0.25, 0.3) is 0 Å². The number of carboxylic acids is 1. The Kier molecular flexibility index (Phi) is 9.07. The van der Waals surface area contributed by atoms with E-state index in [0.717, 1.165) is 39.0 Å². The first kappa shape index (κ1) is 24.1. The molecule has 0 unspecified atom stereocenters. The maximum atomic E-state index is 11.7. The summed E-state index contributed by atoms with van der Waals surface area (Å²) in [5, 5.41) is 9.81. The van der Waals surface area contributed by atoms with Gasteiger partial charge in [0.15, 0.2) is 0 Å². The van der Waals surface area contributed by atoms with Crippen molar-refractivity contribution in [3.05, 3.63) is 35.9 Å². The maximum Gasteiger partial charge on any atom is 0.490 e. The van der Waals surface area contributed by atoms with E-state index in [9.17, 15) is 18.0 Å². The van der Waals surface area contributed by atoms with Crippen LogP contribution < -0.4 is 5.32 Å². The largest absolute Gasteiger partial charge is 0.490 e. The molecule has 0 aliphatic carbocycles. The zero-order chi connectivity index (χ0) is 22.1. The van der Waals surface area contributed by atoms with Crippen molar-refractivity contribution in [2.24, 2.45) is 0 Å². The standard InChI is InChI=1S/C18H26N2O3.C2HF3O2/c1-19-18(21)17-8-7-15-16(23-17)9-10-20(15)11-12-22-13-14-5-3-2-4-6-14;3-2(4,5)1(6)7/h2-6,15-17H,7-13H2,1H3,(H,19,21);(H,6,7)/t15-,16-,17-;/m1./s1. The predicted octanol–water partition coefficient (Wildman–Crippen LogP) is 2.20. The fourth-order valence-electron chi connectivity index (χ4n) is 3.59. The number of carbonyl (C=O) groups excluding carboxylic acids is 1. The van der Waals surface area contributed by atoms with Crippen LogP contribution in [0.1, 0.15) is 24.8 Å². The highest BCUT2D eigenvalue weighted by Crippen LogP contribution is 2.31. The fraction of sp³-hybridized carbons (Fsp3) is 0.600. The number of aliphatic carboxylic acids is 1. The molecule has 3 rings (SSSR count). The molecule has 30 heavy (non-hydrogen) atoms. The van der Waals surface area contributed by atoms with E-state index >= 15 is 0 Å². The molecule has 0 radical (unpaired) electrons. The highest BCUT2D eigenvalue weighted by atomic mass is 19.4. The molecular weight excluding hydrogens is 405 g/mol. The van der Waals surface area contributed by atoms with Crippen molar-refractivity contribution in [2.75, 3.05) is 26.7 Å². The van der Waals surface area contributed by atoms with Gasteiger partial charge in [-0.3, -0.25) is 9.69 Å². The van der Waals surface area contributed by atoms with Crippen LogP contribution in [-0.4, -0.2) is 73.1 Å². The third kappa shape index (κ3) is 7.26. The average Bonchev–Trinajstić information content (AvgIpc) is 3.13. The van der Waals surface area contributed by atoms with Gasteiger partial charge in [-0.05, 0) is 24.8 Å². The van der Waals surface area contributed by atoms with Crippen LogP contribution in [-0.2, 0) is 25.7 Å². The van der Waals surface area contributed by atoms with Gasteiger partial charge in [0.2, 0.25) is 5.91 Å². The van der Waals surface area contributed by atoms with E-state index in [0.29, 0.717) is 12.6 Å². The number of hydrogen-bond acceptors (Lipinski definition) is 5. The molecule has 0 aromatic heterocycles. The zero-order valence-electron chi connectivity index (χ0n) is 16.7. The molecule has 2 saturated heterocycles. The van der Waals surface area contributed by atoms with Crippen LogP contribution in [0.15, 0.2) is 30.3 Å². The Morgan fingerprint density at radius 3 is 2.50 bits per heavy atom. The number of carbonyl (C=O) groups is 2. The molecule has 2 aliphatic rings. The van der Waals surface area contributed by atoms with Gasteiger partial charge in [-0.15, -0.1) is 0 Å². The first-order valence-electron chi connectivity index (χ1n) is 9.75. The summed E-state index contributed by atoms with van der Waals surface area (Å²) >= 11 is 0. The van der Waals surface area contributed by atoms with Crippen LogP contribution in [0.5, 0.6) is 0 Å². The number of fused-ring (bicyclic) bond motifs is 1. The average molecular weight is 432 g/mol. The molecule has 1 aromatic carbocycles. The maximum absolute atomic E-state index is 11.7. The van der Waals surface area contributed by atoms with Crippen molar-refractivity contribution in [2.45, 2.75) is 50.3 Å². The number of nitrogens with one attached hydrogen (secondary N) is 1. The van der Waals surface area contributed by atoms with Crippen LogP contribution in [0, 0.1) is 0 Å². The molecule has 7 nitrogen and oxygen atoms in total. The number of likely N-dealkylation sites (tertiary alicyclic amines) is 1. The van der Waals surface area contributed by atoms with Gasteiger partial charge in [-0.25, -0.2) is 4.79 Å². The second-order valence-electron chi connectivity index (χ2n) is 7.09. The topological polar surface area (TPSA) is 88.1 Å². The van der Waals surface area contributed by atoms with E-state index in [4.69, 9.17) is 19.4 Å². The lowest BCUT2D eigenvalue weighted by Gasteiger charge is -2.35. The Bertz CT molecular complexity index is 687. The first-order chi connectivity index (χ1) is 14.2. The molecular formula is C20H27F3N2O5. The highest BCUT2D eigenvalue weighted by Gasteiger charge is 2.41. The Labute approximate surface area is 173 Å². The fourth-order valence-corrected chi connectivity index (χ4v) is 3.59. The summed E-state index contributed by atoms with van der Waals surface area (Å²) in [5.41, 5.74) is 1.21. The van der Waals surface area contributed by atoms with Gasteiger partial charge in [-0.1, -0.05) is 30.3 Å². The minimum absolute atomic E-state index is 0.00749. The molecule has 2 heterocycles. The van der Waals surface area contributed by atoms with Crippen molar-refractivity contribution in [3.63, 3.8) is 0 Å². The number of ether oxygens (including phenoxy) is 2. The summed E-state index contributed by atoms with van der Waals surface area (Å²) in [4.78, 5) is 23.1. The summed E-state index contributed by atoms with van der Waals surface area (Å²) in [6, 6.07) is 10.7. The molecule has 0 spiro atoms. The van der Waals surface area contributed by atoms with E-state index in [2.05, 4.69) is 22.3 Å². The van der Waals surface area contributed by atoms with E-state index in [-0.39, 0.29) is 18.1 Å². The van der Waals surface area contributed by atoms with Crippen molar-refractivity contribution in [1.29, 1.82) is 0 Å². The second-order valence-corrected chi connectivity index (χ2v) is 7.09.